The maximum Gasteiger partial charge on any atom is 0.220 e. The van der Waals surface area contributed by atoms with Crippen LogP contribution in [-0.4, -0.2) is 12.5 Å². The molecule has 106 valence electrons. The summed E-state index contributed by atoms with van der Waals surface area (Å²) >= 11 is 6.10. The van der Waals surface area contributed by atoms with Gasteiger partial charge >= 0.3 is 0 Å². The van der Waals surface area contributed by atoms with E-state index in [1.54, 1.807) is 0 Å². The van der Waals surface area contributed by atoms with Crippen molar-refractivity contribution >= 4 is 17.5 Å². The standard InChI is InChI=1S/C15H23ClN2O/c1-12(13-8-5-6-9-14(13)16)18-15(19)10-4-2-3-7-11-17/h5-6,8-9,12H,2-4,7,10-11,17H2,1H3,(H,18,19)/t12-/m0/s1. The number of nitrogens with two attached hydrogens (primary N) is 1. The van der Waals surface area contributed by atoms with E-state index >= 15 is 0 Å². The lowest BCUT2D eigenvalue weighted by molar-refractivity contribution is -0.121. The van der Waals surface area contributed by atoms with E-state index in [1.807, 2.05) is 31.2 Å². The van der Waals surface area contributed by atoms with E-state index in [0.717, 1.165) is 37.8 Å². The number of hydrogen-bond acceptors (Lipinski definition) is 2. The number of halogens is 1. The Morgan fingerprint density at radius 2 is 1.95 bits per heavy atom. The van der Waals surface area contributed by atoms with Crippen LogP contribution >= 0.6 is 11.6 Å². The number of rotatable bonds is 8. The first-order valence-electron chi connectivity index (χ1n) is 6.89. The lowest BCUT2D eigenvalue weighted by Gasteiger charge is -2.15. The molecule has 1 aromatic carbocycles. The molecule has 0 heterocycles. The molecule has 3 N–H and O–H groups in total. The first-order valence-corrected chi connectivity index (χ1v) is 7.26. The highest BCUT2D eigenvalue weighted by Crippen LogP contribution is 2.22. The maximum absolute atomic E-state index is 11.8. The van der Waals surface area contributed by atoms with Crippen LogP contribution in [0.25, 0.3) is 0 Å². The number of carbonyl (C=O) groups excluding carboxylic acids is 1. The van der Waals surface area contributed by atoms with Crippen LogP contribution in [0.2, 0.25) is 5.02 Å². The minimum absolute atomic E-state index is 0.0507. The molecule has 1 aromatic rings. The zero-order chi connectivity index (χ0) is 14.1. The van der Waals surface area contributed by atoms with Crippen LogP contribution in [0.1, 0.15) is 50.6 Å². The third-order valence-electron chi connectivity index (χ3n) is 3.11. The Balaban J connectivity index is 2.30. The Morgan fingerprint density at radius 1 is 1.26 bits per heavy atom. The number of hydrogen-bond donors (Lipinski definition) is 2. The smallest absolute Gasteiger partial charge is 0.220 e. The maximum atomic E-state index is 11.8. The molecule has 0 radical (unpaired) electrons. The van der Waals surface area contributed by atoms with Crippen LogP contribution in [0.5, 0.6) is 0 Å². The Bertz CT molecular complexity index is 395. The summed E-state index contributed by atoms with van der Waals surface area (Å²) in [6.45, 7) is 2.68. The molecule has 1 rings (SSSR count). The molecule has 1 atom stereocenters. The first-order chi connectivity index (χ1) is 9.15. The Morgan fingerprint density at radius 3 is 2.63 bits per heavy atom. The van der Waals surface area contributed by atoms with Gasteiger partial charge in [0, 0.05) is 11.4 Å². The molecule has 0 aliphatic rings. The fraction of sp³-hybridized carbons (Fsp3) is 0.533. The summed E-state index contributed by atoms with van der Waals surface area (Å²) in [7, 11) is 0. The van der Waals surface area contributed by atoms with Gasteiger partial charge < -0.3 is 11.1 Å². The van der Waals surface area contributed by atoms with E-state index in [2.05, 4.69) is 5.32 Å². The highest BCUT2D eigenvalue weighted by Gasteiger charge is 2.11. The van der Waals surface area contributed by atoms with Gasteiger partial charge in [-0.1, -0.05) is 42.6 Å². The monoisotopic (exact) mass is 282 g/mol. The van der Waals surface area contributed by atoms with Crippen molar-refractivity contribution < 1.29 is 4.79 Å². The number of amides is 1. The Hall–Kier alpha value is -1.06. The van der Waals surface area contributed by atoms with Crippen molar-refractivity contribution in [3.63, 3.8) is 0 Å². The normalized spacial score (nSPS) is 12.2. The summed E-state index contributed by atoms with van der Waals surface area (Å²) in [4.78, 5) is 11.8. The molecule has 0 aliphatic heterocycles. The summed E-state index contributed by atoms with van der Waals surface area (Å²) in [6, 6.07) is 7.54. The average Bonchev–Trinajstić information content (AvgIpc) is 2.39. The van der Waals surface area contributed by atoms with Crippen molar-refractivity contribution in [1.82, 2.24) is 5.32 Å². The molecule has 0 spiro atoms. The summed E-state index contributed by atoms with van der Waals surface area (Å²) < 4.78 is 0. The van der Waals surface area contributed by atoms with Gasteiger partial charge in [-0.15, -0.1) is 0 Å². The Kier molecular flexibility index (Phi) is 7.53. The molecule has 0 unspecified atom stereocenters. The molecule has 0 saturated heterocycles. The van der Waals surface area contributed by atoms with E-state index in [1.165, 1.54) is 0 Å². The zero-order valence-electron chi connectivity index (χ0n) is 11.5. The van der Waals surface area contributed by atoms with Gasteiger partial charge in [0.25, 0.3) is 0 Å². The van der Waals surface area contributed by atoms with E-state index < -0.39 is 0 Å². The number of unbranched alkanes of at least 4 members (excludes halogenated alkanes) is 3. The van der Waals surface area contributed by atoms with Crippen LogP contribution in [0.3, 0.4) is 0 Å². The van der Waals surface area contributed by atoms with Crippen molar-refractivity contribution in [3.05, 3.63) is 34.9 Å². The van der Waals surface area contributed by atoms with Crippen LogP contribution < -0.4 is 11.1 Å². The zero-order valence-corrected chi connectivity index (χ0v) is 12.2. The Labute approximate surface area is 120 Å². The minimum Gasteiger partial charge on any atom is -0.350 e. The molecule has 1 amide bonds. The fourth-order valence-electron chi connectivity index (χ4n) is 2.00. The largest absolute Gasteiger partial charge is 0.350 e. The minimum atomic E-state index is -0.0507. The lowest BCUT2D eigenvalue weighted by Crippen LogP contribution is -2.26. The molecular weight excluding hydrogens is 260 g/mol. The SMILES string of the molecule is C[C@H](NC(=O)CCCCCCN)c1ccccc1Cl. The van der Waals surface area contributed by atoms with Crippen LogP contribution in [0, 0.1) is 0 Å². The predicted molar refractivity (Wildman–Crippen MR) is 80.1 cm³/mol. The van der Waals surface area contributed by atoms with Crippen molar-refractivity contribution in [1.29, 1.82) is 0 Å². The summed E-state index contributed by atoms with van der Waals surface area (Å²) in [6.07, 6.45) is 4.69. The van der Waals surface area contributed by atoms with Crippen molar-refractivity contribution in [2.45, 2.75) is 45.1 Å². The summed E-state index contributed by atoms with van der Waals surface area (Å²) in [5.74, 6) is 0.0835. The third-order valence-corrected chi connectivity index (χ3v) is 3.45. The lowest BCUT2D eigenvalue weighted by atomic mass is 10.1. The fourth-order valence-corrected chi connectivity index (χ4v) is 2.30. The van der Waals surface area contributed by atoms with Gasteiger partial charge in [-0.25, -0.2) is 0 Å². The van der Waals surface area contributed by atoms with Crippen molar-refractivity contribution in [3.8, 4) is 0 Å². The molecule has 0 bridgehead atoms. The van der Waals surface area contributed by atoms with E-state index in [0.29, 0.717) is 11.4 Å². The molecule has 0 aromatic heterocycles. The molecule has 4 heteroatoms. The molecule has 3 nitrogen and oxygen atoms in total. The summed E-state index contributed by atoms with van der Waals surface area (Å²) in [5.41, 5.74) is 6.38. The molecular formula is C15H23ClN2O. The van der Waals surface area contributed by atoms with Crippen molar-refractivity contribution in [2.24, 2.45) is 5.73 Å². The molecule has 0 fully saturated rings. The van der Waals surface area contributed by atoms with Crippen molar-refractivity contribution in [2.75, 3.05) is 6.54 Å². The summed E-state index contributed by atoms with van der Waals surface area (Å²) in [5, 5.41) is 3.67. The van der Waals surface area contributed by atoms with Gasteiger partial charge in [0.05, 0.1) is 6.04 Å². The van der Waals surface area contributed by atoms with Gasteiger partial charge in [0.1, 0.15) is 0 Å². The van der Waals surface area contributed by atoms with Crippen LogP contribution in [0.15, 0.2) is 24.3 Å². The quantitative estimate of drug-likeness (QED) is 0.718. The second kappa shape index (κ2) is 8.94. The van der Waals surface area contributed by atoms with Gasteiger partial charge in [-0.05, 0) is 37.9 Å². The highest BCUT2D eigenvalue weighted by molar-refractivity contribution is 6.31. The molecule has 0 saturated carbocycles. The highest BCUT2D eigenvalue weighted by atomic mass is 35.5. The number of nitrogens with one attached hydrogen (secondary N) is 1. The van der Waals surface area contributed by atoms with Gasteiger partial charge in [-0.2, -0.15) is 0 Å². The molecule has 0 aliphatic carbocycles. The van der Waals surface area contributed by atoms with Gasteiger partial charge in [-0.3, -0.25) is 4.79 Å². The predicted octanol–water partition coefficient (Wildman–Crippen LogP) is 3.43. The second-order valence-corrected chi connectivity index (χ2v) is 5.17. The van der Waals surface area contributed by atoms with E-state index in [4.69, 9.17) is 17.3 Å². The second-order valence-electron chi connectivity index (χ2n) is 4.76. The third kappa shape index (κ3) is 6.08. The number of carbonyl (C=O) groups is 1. The van der Waals surface area contributed by atoms with E-state index in [-0.39, 0.29) is 11.9 Å². The molecule has 19 heavy (non-hydrogen) atoms. The van der Waals surface area contributed by atoms with Crippen LogP contribution in [-0.2, 0) is 4.79 Å². The van der Waals surface area contributed by atoms with E-state index in [9.17, 15) is 4.79 Å². The number of benzene rings is 1. The topological polar surface area (TPSA) is 55.1 Å². The van der Waals surface area contributed by atoms with Gasteiger partial charge in [0.2, 0.25) is 5.91 Å². The van der Waals surface area contributed by atoms with Gasteiger partial charge in [0.15, 0.2) is 0 Å². The first kappa shape index (κ1) is 16.0. The van der Waals surface area contributed by atoms with Crippen LogP contribution in [0.4, 0.5) is 0 Å². The average molecular weight is 283 g/mol.